The van der Waals surface area contributed by atoms with Crippen molar-refractivity contribution in [2.75, 3.05) is 30.7 Å². The molecule has 7 heteroatoms. The molecule has 0 fully saturated rings. The van der Waals surface area contributed by atoms with E-state index in [1.165, 1.54) is 5.57 Å². The van der Waals surface area contributed by atoms with Gasteiger partial charge in [0.1, 0.15) is 11.4 Å². The van der Waals surface area contributed by atoms with Crippen molar-refractivity contribution in [3.63, 3.8) is 0 Å². The lowest BCUT2D eigenvalue weighted by molar-refractivity contribution is 0.0266. The van der Waals surface area contributed by atoms with Crippen LogP contribution in [0.15, 0.2) is 17.8 Å². The Balaban J connectivity index is 1.85. The highest BCUT2D eigenvalue weighted by Crippen LogP contribution is 2.19. The van der Waals surface area contributed by atoms with Crippen LogP contribution in [-0.2, 0) is 11.8 Å². The van der Waals surface area contributed by atoms with Gasteiger partial charge in [-0.25, -0.2) is 4.79 Å². The average Bonchev–Trinajstić information content (AvgIpc) is 2.74. The first-order chi connectivity index (χ1) is 10.3. The smallest absolute Gasteiger partial charge is 0.410 e. The van der Waals surface area contributed by atoms with Crippen LogP contribution in [0.25, 0.3) is 0 Å². The standard InChI is InChI=1S/C15H25N5O2/c1-15(2,3)22-14(21)20-7-5-11(6-8-20)9-17-13-12(16)10-18-19(13)4/h5,10,17H,6-9,16H2,1-4H3. The van der Waals surface area contributed by atoms with Gasteiger partial charge in [-0.05, 0) is 27.2 Å². The van der Waals surface area contributed by atoms with Gasteiger partial charge >= 0.3 is 6.09 Å². The van der Waals surface area contributed by atoms with E-state index in [2.05, 4.69) is 16.5 Å². The van der Waals surface area contributed by atoms with E-state index in [9.17, 15) is 4.79 Å². The first kappa shape index (κ1) is 16.2. The number of nitrogens with one attached hydrogen (secondary N) is 1. The number of nitrogen functional groups attached to an aromatic ring is 1. The van der Waals surface area contributed by atoms with E-state index in [-0.39, 0.29) is 6.09 Å². The summed E-state index contributed by atoms with van der Waals surface area (Å²) in [5.74, 6) is 0.815. The van der Waals surface area contributed by atoms with Gasteiger partial charge in [0.05, 0.1) is 11.9 Å². The van der Waals surface area contributed by atoms with Crippen molar-refractivity contribution >= 4 is 17.6 Å². The van der Waals surface area contributed by atoms with Gasteiger partial charge in [0.15, 0.2) is 0 Å². The van der Waals surface area contributed by atoms with Crippen LogP contribution in [-0.4, -0.2) is 46.0 Å². The maximum atomic E-state index is 12.0. The van der Waals surface area contributed by atoms with Gasteiger partial charge in [0.2, 0.25) is 0 Å². The summed E-state index contributed by atoms with van der Waals surface area (Å²) in [4.78, 5) is 13.7. The van der Waals surface area contributed by atoms with Crippen molar-refractivity contribution < 1.29 is 9.53 Å². The van der Waals surface area contributed by atoms with Crippen molar-refractivity contribution in [3.05, 3.63) is 17.8 Å². The molecule has 1 aromatic rings. The Morgan fingerprint density at radius 2 is 2.23 bits per heavy atom. The number of carbonyl (C=O) groups is 1. The van der Waals surface area contributed by atoms with E-state index in [1.54, 1.807) is 15.8 Å². The van der Waals surface area contributed by atoms with Gasteiger partial charge < -0.3 is 20.7 Å². The molecule has 22 heavy (non-hydrogen) atoms. The maximum absolute atomic E-state index is 12.0. The zero-order valence-electron chi connectivity index (χ0n) is 13.7. The molecule has 0 radical (unpaired) electrons. The molecule has 0 unspecified atom stereocenters. The third-order valence-corrected chi connectivity index (χ3v) is 3.40. The molecule has 1 aliphatic heterocycles. The monoisotopic (exact) mass is 307 g/mol. The zero-order valence-corrected chi connectivity index (χ0v) is 13.7. The summed E-state index contributed by atoms with van der Waals surface area (Å²) < 4.78 is 7.09. The summed E-state index contributed by atoms with van der Waals surface area (Å²) in [6.45, 7) is 7.57. The number of aromatic nitrogens is 2. The molecule has 1 aromatic heterocycles. The Bertz CT molecular complexity index is 551. The molecule has 0 saturated heterocycles. The number of anilines is 2. The highest BCUT2D eigenvalue weighted by Gasteiger charge is 2.23. The van der Waals surface area contributed by atoms with Crippen molar-refractivity contribution in [3.8, 4) is 0 Å². The van der Waals surface area contributed by atoms with Gasteiger partial charge in [0.25, 0.3) is 0 Å². The molecule has 0 aliphatic carbocycles. The molecule has 1 amide bonds. The van der Waals surface area contributed by atoms with Gasteiger partial charge in [-0.3, -0.25) is 4.68 Å². The Morgan fingerprint density at radius 3 is 2.73 bits per heavy atom. The van der Waals surface area contributed by atoms with Crippen LogP contribution in [0, 0.1) is 0 Å². The lowest BCUT2D eigenvalue weighted by Gasteiger charge is -2.29. The van der Waals surface area contributed by atoms with Crippen LogP contribution in [0.5, 0.6) is 0 Å². The van der Waals surface area contributed by atoms with E-state index in [1.807, 2.05) is 27.8 Å². The molecule has 7 nitrogen and oxygen atoms in total. The number of amides is 1. The van der Waals surface area contributed by atoms with E-state index >= 15 is 0 Å². The van der Waals surface area contributed by atoms with Crippen LogP contribution >= 0.6 is 0 Å². The molecule has 1 aliphatic rings. The molecule has 0 spiro atoms. The van der Waals surface area contributed by atoms with Crippen LogP contribution < -0.4 is 11.1 Å². The normalized spacial score (nSPS) is 15.5. The number of aryl methyl sites for hydroxylation is 1. The minimum atomic E-state index is -0.459. The highest BCUT2D eigenvalue weighted by atomic mass is 16.6. The second-order valence-corrected chi connectivity index (χ2v) is 6.46. The van der Waals surface area contributed by atoms with Crippen molar-refractivity contribution in [2.24, 2.45) is 7.05 Å². The summed E-state index contributed by atoms with van der Waals surface area (Å²) in [5.41, 5.74) is 7.27. The number of nitrogens with zero attached hydrogens (tertiary/aromatic N) is 3. The van der Waals surface area contributed by atoms with E-state index in [0.717, 1.165) is 12.2 Å². The maximum Gasteiger partial charge on any atom is 0.410 e. The largest absolute Gasteiger partial charge is 0.444 e. The fourth-order valence-electron chi connectivity index (χ4n) is 2.23. The molecule has 2 rings (SSSR count). The average molecular weight is 307 g/mol. The molecule has 122 valence electrons. The first-order valence-corrected chi connectivity index (χ1v) is 7.43. The fraction of sp³-hybridized carbons (Fsp3) is 0.600. The van der Waals surface area contributed by atoms with Crippen molar-refractivity contribution in [1.29, 1.82) is 0 Å². The first-order valence-electron chi connectivity index (χ1n) is 7.43. The lowest BCUT2D eigenvalue weighted by atomic mass is 10.1. The summed E-state index contributed by atoms with van der Waals surface area (Å²) in [7, 11) is 1.85. The number of ether oxygens (including phenoxy) is 1. The van der Waals surface area contributed by atoms with Crippen LogP contribution in [0.3, 0.4) is 0 Å². The molecule has 0 aromatic carbocycles. The van der Waals surface area contributed by atoms with Crippen LogP contribution in [0.1, 0.15) is 27.2 Å². The number of hydrogen-bond donors (Lipinski definition) is 2. The molecular formula is C15H25N5O2. The van der Waals surface area contributed by atoms with Crippen molar-refractivity contribution in [2.45, 2.75) is 32.8 Å². The number of nitrogens with two attached hydrogens (primary N) is 1. The molecule has 0 bridgehead atoms. The Hall–Kier alpha value is -2.18. The molecule has 2 heterocycles. The summed E-state index contributed by atoms with van der Waals surface area (Å²) in [6, 6.07) is 0. The SMILES string of the molecule is Cn1ncc(N)c1NCC1=CCN(C(=O)OC(C)(C)C)CC1. The van der Waals surface area contributed by atoms with E-state index in [4.69, 9.17) is 10.5 Å². The third-order valence-electron chi connectivity index (χ3n) is 3.40. The van der Waals surface area contributed by atoms with Gasteiger partial charge in [-0.1, -0.05) is 11.6 Å². The van der Waals surface area contributed by atoms with Crippen LogP contribution in [0.2, 0.25) is 0 Å². The second-order valence-electron chi connectivity index (χ2n) is 6.46. The van der Waals surface area contributed by atoms with Gasteiger partial charge in [-0.2, -0.15) is 5.10 Å². The number of hydrogen-bond acceptors (Lipinski definition) is 5. The summed E-state index contributed by atoms with van der Waals surface area (Å²) >= 11 is 0. The van der Waals surface area contributed by atoms with Crippen LogP contribution in [0.4, 0.5) is 16.3 Å². The van der Waals surface area contributed by atoms with Gasteiger partial charge in [0, 0.05) is 26.7 Å². The molecule has 3 N–H and O–H groups in total. The van der Waals surface area contributed by atoms with E-state index in [0.29, 0.717) is 25.3 Å². The molecule has 0 saturated carbocycles. The predicted octanol–water partition coefficient (Wildman–Crippen LogP) is 1.98. The third kappa shape index (κ3) is 4.16. The lowest BCUT2D eigenvalue weighted by Crippen LogP contribution is -2.39. The fourth-order valence-corrected chi connectivity index (χ4v) is 2.23. The van der Waals surface area contributed by atoms with Gasteiger partial charge in [-0.15, -0.1) is 0 Å². The predicted molar refractivity (Wildman–Crippen MR) is 86.6 cm³/mol. The second kappa shape index (κ2) is 6.29. The Morgan fingerprint density at radius 1 is 1.50 bits per heavy atom. The molecular weight excluding hydrogens is 282 g/mol. The topological polar surface area (TPSA) is 85.4 Å². The van der Waals surface area contributed by atoms with Crippen molar-refractivity contribution in [1.82, 2.24) is 14.7 Å². The number of carbonyl (C=O) groups excluding carboxylic acids is 1. The summed E-state index contributed by atoms with van der Waals surface area (Å²) in [5, 5.41) is 7.38. The highest BCUT2D eigenvalue weighted by molar-refractivity contribution is 5.68. The molecule has 0 atom stereocenters. The summed E-state index contributed by atoms with van der Waals surface area (Å²) in [6.07, 6.45) is 4.25. The quantitative estimate of drug-likeness (QED) is 0.834. The number of rotatable bonds is 3. The minimum Gasteiger partial charge on any atom is -0.444 e. The minimum absolute atomic E-state index is 0.258. The Labute approximate surface area is 131 Å². The zero-order chi connectivity index (χ0) is 16.3. The Kier molecular flexibility index (Phi) is 4.63. The van der Waals surface area contributed by atoms with E-state index < -0.39 is 5.60 Å².